The van der Waals surface area contributed by atoms with Crippen LogP contribution in [0.4, 0.5) is 4.79 Å². The molecule has 1 aromatic heterocycles. The number of methoxy groups -OCH3 is 1. The van der Waals surface area contributed by atoms with Crippen LogP contribution in [0.3, 0.4) is 0 Å². The number of hydrogen-bond donors (Lipinski definition) is 3. The first-order valence-electron chi connectivity index (χ1n) is 8.03. The van der Waals surface area contributed by atoms with Gasteiger partial charge in [-0.15, -0.1) is 0 Å². The molecule has 25 heavy (non-hydrogen) atoms. The Balaban J connectivity index is 1.55. The number of aliphatic hydroxyl groups excluding tert-OH is 1. The maximum atomic E-state index is 12.0. The lowest BCUT2D eigenvalue weighted by Crippen LogP contribution is -2.41. The predicted molar refractivity (Wildman–Crippen MR) is 88.1 cm³/mol. The topological polar surface area (TPSA) is 106 Å². The van der Waals surface area contributed by atoms with Crippen molar-refractivity contribution in [2.24, 2.45) is 0 Å². The number of benzene rings is 1. The Morgan fingerprint density at radius 1 is 1.40 bits per heavy atom. The summed E-state index contributed by atoms with van der Waals surface area (Å²) in [7, 11) is 1.62. The number of nitrogens with zero attached hydrogens (tertiary/aromatic N) is 1. The van der Waals surface area contributed by atoms with E-state index in [1.807, 2.05) is 24.3 Å². The van der Waals surface area contributed by atoms with E-state index in [9.17, 15) is 9.90 Å². The van der Waals surface area contributed by atoms with Gasteiger partial charge in [0.25, 0.3) is 0 Å². The minimum Gasteiger partial charge on any atom is -0.497 e. The zero-order valence-electron chi connectivity index (χ0n) is 13.8. The molecule has 1 saturated heterocycles. The Morgan fingerprint density at radius 3 is 2.88 bits per heavy atom. The summed E-state index contributed by atoms with van der Waals surface area (Å²) in [6, 6.07) is 7.50. The van der Waals surface area contributed by atoms with Crippen molar-refractivity contribution in [1.82, 2.24) is 15.8 Å². The maximum Gasteiger partial charge on any atom is 0.407 e. The van der Waals surface area contributed by atoms with Gasteiger partial charge in [0.05, 0.1) is 25.9 Å². The third-order valence-electron chi connectivity index (χ3n) is 4.14. The molecule has 8 heteroatoms. The number of carbonyl (C=O) groups is 1. The van der Waals surface area contributed by atoms with Crippen LogP contribution in [-0.4, -0.2) is 48.3 Å². The summed E-state index contributed by atoms with van der Waals surface area (Å²) < 4.78 is 15.3. The third kappa shape index (κ3) is 4.49. The number of aromatic nitrogens is 1. The quantitative estimate of drug-likeness (QED) is 0.711. The van der Waals surface area contributed by atoms with Gasteiger partial charge in [-0.3, -0.25) is 0 Å². The summed E-state index contributed by atoms with van der Waals surface area (Å²) in [5.74, 6) is 0.782. The average Bonchev–Trinajstić information content (AvgIpc) is 3.26. The highest BCUT2D eigenvalue weighted by molar-refractivity contribution is 5.67. The van der Waals surface area contributed by atoms with Gasteiger partial charge in [-0.2, -0.15) is 0 Å². The van der Waals surface area contributed by atoms with Crippen molar-refractivity contribution in [3.63, 3.8) is 0 Å². The number of hydrogen-bond acceptors (Lipinski definition) is 7. The molecule has 1 amide bonds. The third-order valence-corrected chi connectivity index (χ3v) is 4.14. The Labute approximate surface area is 145 Å². The fourth-order valence-electron chi connectivity index (χ4n) is 2.79. The van der Waals surface area contributed by atoms with Crippen LogP contribution in [-0.2, 0) is 17.7 Å². The Morgan fingerprint density at radius 2 is 2.20 bits per heavy atom. The largest absolute Gasteiger partial charge is 0.497 e. The summed E-state index contributed by atoms with van der Waals surface area (Å²) in [5, 5.41) is 19.5. The van der Waals surface area contributed by atoms with Gasteiger partial charge in [0, 0.05) is 12.1 Å². The molecule has 0 bridgehead atoms. The summed E-state index contributed by atoms with van der Waals surface area (Å²) >= 11 is 0. The fourth-order valence-corrected chi connectivity index (χ4v) is 2.79. The van der Waals surface area contributed by atoms with Crippen molar-refractivity contribution in [2.75, 3.05) is 13.7 Å². The first kappa shape index (κ1) is 17.2. The van der Waals surface area contributed by atoms with Gasteiger partial charge < -0.3 is 29.7 Å². The molecule has 0 unspecified atom stereocenters. The van der Waals surface area contributed by atoms with E-state index < -0.39 is 18.3 Å². The lowest BCUT2D eigenvalue weighted by molar-refractivity contribution is 0.0188. The predicted octanol–water partition coefficient (Wildman–Crippen LogP) is 0.853. The number of aliphatic hydroxyl groups is 1. The van der Waals surface area contributed by atoms with E-state index >= 15 is 0 Å². The van der Waals surface area contributed by atoms with Crippen molar-refractivity contribution in [3.8, 4) is 5.75 Å². The molecular weight excluding hydrogens is 326 g/mol. The number of alkyl carbamates (subject to hydrolysis) is 1. The normalized spacial score (nSPS) is 22.6. The molecule has 1 aliphatic heterocycles. The lowest BCUT2D eigenvalue weighted by atomic mass is 10.0. The van der Waals surface area contributed by atoms with Crippen LogP contribution in [0.5, 0.6) is 5.75 Å². The number of carbonyl (C=O) groups excluding carboxylic acids is 1. The number of rotatable bonds is 6. The fraction of sp³-hybridized carbons (Fsp3) is 0.412. The van der Waals surface area contributed by atoms with Gasteiger partial charge in [0.2, 0.25) is 0 Å². The van der Waals surface area contributed by atoms with Gasteiger partial charge in [-0.05, 0) is 24.1 Å². The molecule has 0 aliphatic carbocycles. The SMILES string of the molecule is COc1ccc(C[C@H]2NC[C@H](O)[C@H]2OC(=O)NCc2cnoc2)cc1. The molecule has 3 atom stereocenters. The highest BCUT2D eigenvalue weighted by Crippen LogP contribution is 2.19. The molecule has 1 aromatic carbocycles. The summed E-state index contributed by atoms with van der Waals surface area (Å²) in [6.07, 6.45) is 1.63. The van der Waals surface area contributed by atoms with Crippen molar-refractivity contribution < 1.29 is 23.9 Å². The van der Waals surface area contributed by atoms with Crippen LogP contribution in [0.25, 0.3) is 0 Å². The molecule has 0 radical (unpaired) electrons. The van der Waals surface area contributed by atoms with E-state index in [0.29, 0.717) is 13.0 Å². The van der Waals surface area contributed by atoms with Crippen LogP contribution < -0.4 is 15.4 Å². The van der Waals surface area contributed by atoms with E-state index in [-0.39, 0.29) is 12.6 Å². The molecule has 1 fully saturated rings. The van der Waals surface area contributed by atoms with E-state index in [1.54, 1.807) is 7.11 Å². The number of β-amino-alcohol motifs (C(OH)–C–C–N with tert-alkyl or cyclic N) is 1. The van der Waals surface area contributed by atoms with Gasteiger partial charge in [0.1, 0.15) is 24.2 Å². The first-order valence-corrected chi connectivity index (χ1v) is 8.03. The van der Waals surface area contributed by atoms with E-state index in [1.165, 1.54) is 12.5 Å². The van der Waals surface area contributed by atoms with Gasteiger partial charge in [0.15, 0.2) is 0 Å². The van der Waals surface area contributed by atoms with Crippen LogP contribution >= 0.6 is 0 Å². The Bertz CT molecular complexity index is 674. The second-order valence-electron chi connectivity index (χ2n) is 5.89. The second-order valence-corrected chi connectivity index (χ2v) is 5.89. The first-order chi connectivity index (χ1) is 12.2. The molecule has 0 saturated carbocycles. The van der Waals surface area contributed by atoms with E-state index in [2.05, 4.69) is 15.8 Å². The number of nitrogens with one attached hydrogen (secondary N) is 2. The van der Waals surface area contributed by atoms with E-state index in [4.69, 9.17) is 14.0 Å². The molecule has 8 nitrogen and oxygen atoms in total. The summed E-state index contributed by atoms with van der Waals surface area (Å²) in [5.41, 5.74) is 1.79. The molecule has 0 spiro atoms. The average molecular weight is 347 g/mol. The molecular formula is C17H21N3O5. The molecule has 3 N–H and O–H groups in total. The minimum atomic E-state index is -0.746. The van der Waals surface area contributed by atoms with Crippen LogP contribution in [0, 0.1) is 0 Å². The van der Waals surface area contributed by atoms with Crippen molar-refractivity contribution >= 4 is 6.09 Å². The highest BCUT2D eigenvalue weighted by atomic mass is 16.6. The second kappa shape index (κ2) is 8.00. The minimum absolute atomic E-state index is 0.162. The monoisotopic (exact) mass is 347 g/mol. The van der Waals surface area contributed by atoms with Gasteiger partial charge in [-0.25, -0.2) is 4.79 Å². The summed E-state index contributed by atoms with van der Waals surface area (Å²) in [4.78, 5) is 12.0. The van der Waals surface area contributed by atoms with Crippen LogP contribution in [0.15, 0.2) is 41.2 Å². The molecule has 134 valence electrons. The van der Waals surface area contributed by atoms with Crippen molar-refractivity contribution in [1.29, 1.82) is 0 Å². The van der Waals surface area contributed by atoms with Crippen LogP contribution in [0.1, 0.15) is 11.1 Å². The van der Waals surface area contributed by atoms with Crippen molar-refractivity contribution in [3.05, 3.63) is 47.9 Å². The van der Waals surface area contributed by atoms with E-state index in [0.717, 1.165) is 16.9 Å². The standard InChI is InChI=1S/C17H21N3O5/c1-23-13-4-2-11(3-5-13)6-14-16(15(21)9-18-14)25-17(22)19-7-12-8-20-24-10-12/h2-5,8,10,14-16,18,21H,6-7,9H2,1H3,(H,19,22)/t14-,15+,16+/m1/s1. The molecule has 1 aliphatic rings. The zero-order valence-corrected chi connectivity index (χ0v) is 13.8. The zero-order chi connectivity index (χ0) is 17.6. The van der Waals surface area contributed by atoms with Gasteiger partial charge >= 0.3 is 6.09 Å². The number of amides is 1. The maximum absolute atomic E-state index is 12.0. The van der Waals surface area contributed by atoms with Crippen molar-refractivity contribution in [2.45, 2.75) is 31.2 Å². The number of ether oxygens (including phenoxy) is 2. The van der Waals surface area contributed by atoms with Crippen LogP contribution in [0.2, 0.25) is 0 Å². The molecule has 2 heterocycles. The lowest BCUT2D eigenvalue weighted by Gasteiger charge is -2.22. The summed E-state index contributed by atoms with van der Waals surface area (Å²) in [6.45, 7) is 0.631. The molecule has 3 rings (SSSR count). The van der Waals surface area contributed by atoms with Gasteiger partial charge in [-0.1, -0.05) is 17.3 Å². The smallest absolute Gasteiger partial charge is 0.407 e. The Kier molecular flexibility index (Phi) is 5.52. The molecule has 2 aromatic rings. The highest BCUT2D eigenvalue weighted by Gasteiger charge is 2.37. The Hall–Kier alpha value is -2.58.